The molecule has 0 radical (unpaired) electrons. The molecule has 2 rings (SSSR count). The Kier molecular flexibility index (Phi) is 4.36. The minimum atomic E-state index is -1.02. The Morgan fingerprint density at radius 3 is 2.80 bits per heavy atom. The predicted molar refractivity (Wildman–Crippen MR) is 74.3 cm³/mol. The van der Waals surface area contributed by atoms with Crippen LogP contribution in [0.3, 0.4) is 0 Å². The van der Waals surface area contributed by atoms with Gasteiger partial charge in [-0.25, -0.2) is 0 Å². The predicted octanol–water partition coefficient (Wildman–Crippen LogP) is 1.83. The Morgan fingerprint density at radius 2 is 2.15 bits per heavy atom. The van der Waals surface area contributed by atoms with E-state index in [0.29, 0.717) is 12.3 Å². The molecule has 0 aromatic carbocycles. The lowest BCUT2D eigenvalue weighted by molar-refractivity contribution is -0.101. The molecular formula is C14H19N3O3. The van der Waals surface area contributed by atoms with Crippen LogP contribution in [0, 0.1) is 6.92 Å². The number of aliphatic hydroxyl groups excluding tert-OH is 1. The first-order valence-corrected chi connectivity index (χ1v) is 6.41. The largest absolute Gasteiger partial charge is 0.496 e. The van der Waals surface area contributed by atoms with Crippen molar-refractivity contribution in [1.82, 2.24) is 14.8 Å². The van der Waals surface area contributed by atoms with Gasteiger partial charge in [0.15, 0.2) is 6.29 Å². The molecule has 1 atom stereocenters. The van der Waals surface area contributed by atoms with Crippen LogP contribution >= 0.6 is 0 Å². The monoisotopic (exact) mass is 277 g/mol. The van der Waals surface area contributed by atoms with Crippen molar-refractivity contribution in [1.29, 1.82) is 0 Å². The Bertz CT molecular complexity index is 595. The molecule has 0 aliphatic carbocycles. The van der Waals surface area contributed by atoms with Crippen LogP contribution in [0.4, 0.5) is 0 Å². The van der Waals surface area contributed by atoms with Crippen LogP contribution in [-0.2, 0) is 11.8 Å². The molecule has 0 amide bonds. The third kappa shape index (κ3) is 2.81. The van der Waals surface area contributed by atoms with Gasteiger partial charge in [0.1, 0.15) is 11.4 Å². The summed E-state index contributed by atoms with van der Waals surface area (Å²) in [7, 11) is 3.42. The van der Waals surface area contributed by atoms with Gasteiger partial charge >= 0.3 is 0 Å². The highest BCUT2D eigenvalue weighted by molar-refractivity contribution is 5.67. The van der Waals surface area contributed by atoms with Gasteiger partial charge in [-0.2, -0.15) is 5.10 Å². The Balaban J connectivity index is 2.43. The molecule has 2 aromatic rings. The van der Waals surface area contributed by atoms with Crippen LogP contribution in [0.15, 0.2) is 18.3 Å². The van der Waals surface area contributed by atoms with E-state index >= 15 is 0 Å². The molecule has 0 saturated heterocycles. The number of ether oxygens (including phenoxy) is 2. The van der Waals surface area contributed by atoms with Crippen LogP contribution in [-0.4, -0.2) is 33.6 Å². The average molecular weight is 277 g/mol. The van der Waals surface area contributed by atoms with Gasteiger partial charge < -0.3 is 14.6 Å². The molecule has 0 spiro atoms. The fraction of sp³-hybridized carbons (Fsp3) is 0.429. The maximum Gasteiger partial charge on any atom is 0.200 e. The second kappa shape index (κ2) is 6.02. The maximum absolute atomic E-state index is 9.83. The summed E-state index contributed by atoms with van der Waals surface area (Å²) in [4.78, 5) is 4.28. The van der Waals surface area contributed by atoms with Crippen LogP contribution in [0.2, 0.25) is 0 Å². The van der Waals surface area contributed by atoms with Crippen LogP contribution in [0.5, 0.6) is 5.75 Å². The molecule has 1 N–H and O–H groups in total. The number of methoxy groups -OCH3 is 1. The highest BCUT2D eigenvalue weighted by atomic mass is 16.6. The first kappa shape index (κ1) is 14.5. The number of hydrogen-bond donors (Lipinski definition) is 1. The lowest BCUT2D eigenvalue weighted by Crippen LogP contribution is -2.04. The van der Waals surface area contributed by atoms with Crippen LogP contribution in [0.1, 0.15) is 24.6 Å². The van der Waals surface area contributed by atoms with E-state index in [1.165, 1.54) is 0 Å². The fourth-order valence-corrected chi connectivity index (χ4v) is 2.00. The molecule has 0 aliphatic rings. The van der Waals surface area contributed by atoms with Gasteiger partial charge in [-0.1, -0.05) is 0 Å². The van der Waals surface area contributed by atoms with E-state index in [1.54, 1.807) is 31.1 Å². The first-order valence-electron chi connectivity index (χ1n) is 6.41. The van der Waals surface area contributed by atoms with Crippen molar-refractivity contribution in [2.75, 3.05) is 13.7 Å². The summed E-state index contributed by atoms with van der Waals surface area (Å²) >= 11 is 0. The third-order valence-corrected chi connectivity index (χ3v) is 2.97. The van der Waals surface area contributed by atoms with Crippen molar-refractivity contribution in [3.8, 4) is 17.0 Å². The van der Waals surface area contributed by atoms with E-state index in [2.05, 4.69) is 10.1 Å². The second-order valence-corrected chi connectivity index (χ2v) is 4.41. The number of pyridine rings is 1. The summed E-state index contributed by atoms with van der Waals surface area (Å²) in [6, 6.07) is 3.64. The quantitative estimate of drug-likeness (QED) is 0.844. The van der Waals surface area contributed by atoms with Crippen molar-refractivity contribution in [2.24, 2.45) is 7.05 Å². The van der Waals surface area contributed by atoms with E-state index in [4.69, 9.17) is 9.47 Å². The maximum atomic E-state index is 9.83. The summed E-state index contributed by atoms with van der Waals surface area (Å²) in [6.07, 6.45) is 0.714. The zero-order valence-electron chi connectivity index (χ0n) is 12.1. The Morgan fingerprint density at radius 1 is 1.40 bits per heavy atom. The number of nitrogens with zero attached hydrogens (tertiary/aromatic N) is 3. The zero-order valence-corrected chi connectivity index (χ0v) is 12.1. The highest BCUT2D eigenvalue weighted by Gasteiger charge is 2.17. The Hall–Kier alpha value is -1.92. The van der Waals surface area contributed by atoms with Crippen molar-refractivity contribution in [2.45, 2.75) is 20.1 Å². The standard InChI is InChI=1S/C14H19N3O3/c1-5-20-14(18)11-7-12(17(3)16-11)10-8-15-9(2)6-13(10)19-4/h6-8,14,18H,5H2,1-4H3. The topological polar surface area (TPSA) is 69.4 Å². The summed E-state index contributed by atoms with van der Waals surface area (Å²) in [6.45, 7) is 4.14. The molecule has 2 heterocycles. The minimum Gasteiger partial charge on any atom is -0.496 e. The van der Waals surface area contributed by atoms with Crippen molar-refractivity contribution in [3.63, 3.8) is 0 Å². The van der Waals surface area contributed by atoms with E-state index in [9.17, 15) is 5.11 Å². The summed E-state index contributed by atoms with van der Waals surface area (Å²) in [5.74, 6) is 0.720. The van der Waals surface area contributed by atoms with E-state index in [-0.39, 0.29) is 0 Å². The van der Waals surface area contributed by atoms with Gasteiger partial charge in [0.2, 0.25) is 0 Å². The van der Waals surface area contributed by atoms with Gasteiger partial charge in [0, 0.05) is 31.6 Å². The van der Waals surface area contributed by atoms with Crippen molar-refractivity contribution < 1.29 is 14.6 Å². The number of aromatic nitrogens is 3. The normalized spacial score (nSPS) is 12.4. The molecule has 0 saturated carbocycles. The summed E-state index contributed by atoms with van der Waals surface area (Å²) in [5, 5.41) is 14.1. The van der Waals surface area contributed by atoms with E-state index < -0.39 is 6.29 Å². The number of rotatable bonds is 5. The van der Waals surface area contributed by atoms with Crippen LogP contribution < -0.4 is 4.74 Å². The molecule has 0 aliphatic heterocycles. The first-order chi connectivity index (χ1) is 9.56. The minimum absolute atomic E-state index is 0.419. The molecule has 0 fully saturated rings. The van der Waals surface area contributed by atoms with Gasteiger partial charge in [-0.3, -0.25) is 9.67 Å². The third-order valence-electron chi connectivity index (χ3n) is 2.97. The molecular weight excluding hydrogens is 258 g/mol. The molecule has 6 nitrogen and oxygen atoms in total. The van der Waals surface area contributed by atoms with Crippen molar-refractivity contribution >= 4 is 0 Å². The molecule has 6 heteroatoms. The van der Waals surface area contributed by atoms with Crippen molar-refractivity contribution in [3.05, 3.63) is 29.7 Å². The summed E-state index contributed by atoms with van der Waals surface area (Å²) < 4.78 is 12.2. The molecule has 2 aromatic heterocycles. The number of hydrogen-bond acceptors (Lipinski definition) is 5. The molecule has 1 unspecified atom stereocenters. The Labute approximate surface area is 118 Å². The van der Waals surface area contributed by atoms with E-state index in [0.717, 1.165) is 22.7 Å². The van der Waals surface area contributed by atoms with Gasteiger partial charge in [0.25, 0.3) is 0 Å². The second-order valence-electron chi connectivity index (χ2n) is 4.41. The lowest BCUT2D eigenvalue weighted by Gasteiger charge is -2.08. The average Bonchev–Trinajstić information content (AvgIpc) is 2.81. The lowest BCUT2D eigenvalue weighted by atomic mass is 10.1. The summed E-state index contributed by atoms with van der Waals surface area (Å²) in [5.41, 5.74) is 2.97. The van der Waals surface area contributed by atoms with E-state index in [1.807, 2.05) is 19.9 Å². The molecule has 108 valence electrons. The highest BCUT2D eigenvalue weighted by Crippen LogP contribution is 2.31. The number of aryl methyl sites for hydroxylation is 2. The van der Waals surface area contributed by atoms with Gasteiger partial charge in [-0.15, -0.1) is 0 Å². The zero-order chi connectivity index (χ0) is 14.7. The smallest absolute Gasteiger partial charge is 0.200 e. The van der Waals surface area contributed by atoms with Crippen LogP contribution in [0.25, 0.3) is 11.3 Å². The van der Waals surface area contributed by atoms with Gasteiger partial charge in [-0.05, 0) is 19.9 Å². The molecule has 20 heavy (non-hydrogen) atoms. The van der Waals surface area contributed by atoms with Gasteiger partial charge in [0.05, 0.1) is 18.4 Å². The fourth-order valence-electron chi connectivity index (χ4n) is 2.00. The molecule has 0 bridgehead atoms. The SMILES string of the molecule is CCOC(O)c1cc(-c2cnc(C)cc2OC)n(C)n1. The number of aliphatic hydroxyl groups is 1.